The predicted octanol–water partition coefficient (Wildman–Crippen LogP) is -0.0859. The number of nitrogens with two attached hydrogens (primary N) is 1. The van der Waals surface area contributed by atoms with Crippen LogP contribution in [0.3, 0.4) is 0 Å². The van der Waals surface area contributed by atoms with E-state index in [0.29, 0.717) is 0 Å². The zero-order chi connectivity index (χ0) is 14.5. The van der Waals surface area contributed by atoms with Crippen LogP contribution in [-0.4, -0.2) is 47.0 Å². The predicted molar refractivity (Wildman–Crippen MR) is 70.4 cm³/mol. The van der Waals surface area contributed by atoms with Gasteiger partial charge in [-0.05, 0) is 18.2 Å². The molecule has 1 atom stereocenters. The lowest BCUT2D eigenvalue weighted by Crippen LogP contribution is -2.35. The minimum absolute atomic E-state index is 0.00283. The summed E-state index contributed by atoms with van der Waals surface area (Å²) in [6, 6.07) is 3.69. The lowest BCUT2D eigenvalue weighted by Gasteiger charge is -2.15. The number of phenols is 1. The number of hydrogen-bond acceptors (Lipinski definition) is 6. The monoisotopic (exact) mass is 290 g/mol. The van der Waals surface area contributed by atoms with Gasteiger partial charge in [-0.2, -0.15) is 0 Å². The van der Waals surface area contributed by atoms with Crippen molar-refractivity contribution < 1.29 is 23.0 Å². The Hall–Kier alpha value is -1.35. The molecule has 108 valence electrons. The molecule has 0 aliphatic rings. The van der Waals surface area contributed by atoms with Gasteiger partial charge in [0.1, 0.15) is 5.75 Å². The first kappa shape index (κ1) is 15.7. The zero-order valence-electron chi connectivity index (χ0n) is 10.8. The molecule has 1 rings (SSSR count). The van der Waals surface area contributed by atoms with Gasteiger partial charge in [0.2, 0.25) is 10.0 Å². The Morgan fingerprint density at radius 3 is 2.63 bits per heavy atom. The van der Waals surface area contributed by atoms with Crippen molar-refractivity contribution in [2.75, 3.05) is 33.1 Å². The van der Waals surface area contributed by atoms with Crippen LogP contribution in [0.2, 0.25) is 0 Å². The number of nitrogens with one attached hydrogen (secondary N) is 1. The fraction of sp³-hybridized carbons (Fsp3) is 0.455. The molecule has 8 heteroatoms. The van der Waals surface area contributed by atoms with Crippen LogP contribution < -0.4 is 10.5 Å². The summed E-state index contributed by atoms with van der Waals surface area (Å²) in [4.78, 5) is -0.0185. The van der Waals surface area contributed by atoms with Crippen LogP contribution in [0.1, 0.15) is 0 Å². The van der Waals surface area contributed by atoms with Gasteiger partial charge in [-0.1, -0.05) is 0 Å². The summed E-state index contributed by atoms with van der Waals surface area (Å²) < 4.78 is 36.3. The highest BCUT2D eigenvalue weighted by Crippen LogP contribution is 2.22. The highest BCUT2D eigenvalue weighted by Gasteiger charge is 2.17. The van der Waals surface area contributed by atoms with Crippen molar-refractivity contribution in [1.29, 1.82) is 0 Å². The summed E-state index contributed by atoms with van der Waals surface area (Å²) >= 11 is 0. The van der Waals surface area contributed by atoms with Gasteiger partial charge in [-0.3, -0.25) is 0 Å². The number of rotatable bonds is 7. The fourth-order valence-electron chi connectivity index (χ4n) is 1.38. The molecule has 4 N–H and O–H groups in total. The molecular formula is C11H18N2O5S. The zero-order valence-corrected chi connectivity index (χ0v) is 11.6. The summed E-state index contributed by atoms with van der Waals surface area (Å²) in [6.07, 6.45) is -0.380. The molecule has 1 unspecified atom stereocenters. The number of benzene rings is 1. The molecule has 0 bridgehead atoms. The summed E-state index contributed by atoms with van der Waals surface area (Å²) in [7, 11) is -0.730. The number of ether oxygens (including phenoxy) is 2. The van der Waals surface area contributed by atoms with Crippen LogP contribution in [-0.2, 0) is 19.5 Å². The number of phenolic OH excluding ortho intramolecular Hbond substituents is 1. The average Bonchev–Trinajstić information content (AvgIpc) is 2.37. The highest BCUT2D eigenvalue weighted by molar-refractivity contribution is 7.89. The van der Waals surface area contributed by atoms with E-state index in [2.05, 4.69) is 4.72 Å². The normalized spacial score (nSPS) is 13.4. The largest absolute Gasteiger partial charge is 0.506 e. The van der Waals surface area contributed by atoms with Crippen LogP contribution in [0.15, 0.2) is 23.1 Å². The van der Waals surface area contributed by atoms with Gasteiger partial charge in [0, 0.05) is 20.8 Å². The summed E-state index contributed by atoms with van der Waals surface area (Å²) in [6.45, 7) is 0.351. The maximum atomic E-state index is 12.0. The van der Waals surface area contributed by atoms with Gasteiger partial charge in [0.15, 0.2) is 0 Å². The van der Waals surface area contributed by atoms with Crippen molar-refractivity contribution in [2.24, 2.45) is 0 Å². The van der Waals surface area contributed by atoms with Gasteiger partial charge in [-0.25, -0.2) is 13.1 Å². The van der Waals surface area contributed by atoms with Crippen molar-refractivity contribution >= 4 is 15.7 Å². The Balaban J connectivity index is 2.78. The first-order valence-corrected chi connectivity index (χ1v) is 6.99. The molecule has 0 heterocycles. The molecule has 7 nitrogen and oxygen atoms in total. The van der Waals surface area contributed by atoms with E-state index in [1.165, 1.54) is 32.4 Å². The Bertz CT molecular complexity index is 518. The van der Waals surface area contributed by atoms with E-state index in [1.54, 1.807) is 0 Å². The molecular weight excluding hydrogens is 272 g/mol. The SMILES string of the molecule is COCC(CNS(=O)(=O)c1ccc(O)c(N)c1)OC. The van der Waals surface area contributed by atoms with Crippen molar-refractivity contribution in [3.05, 3.63) is 18.2 Å². The summed E-state index contributed by atoms with van der Waals surface area (Å²) in [5, 5.41) is 9.26. The van der Waals surface area contributed by atoms with Gasteiger partial charge in [-0.15, -0.1) is 0 Å². The fourth-order valence-corrected chi connectivity index (χ4v) is 2.48. The number of anilines is 1. The van der Waals surface area contributed by atoms with Crippen LogP contribution in [0.5, 0.6) is 5.75 Å². The number of aromatic hydroxyl groups is 1. The van der Waals surface area contributed by atoms with E-state index in [1.807, 2.05) is 0 Å². The van der Waals surface area contributed by atoms with Crippen molar-refractivity contribution in [3.63, 3.8) is 0 Å². The van der Waals surface area contributed by atoms with E-state index >= 15 is 0 Å². The van der Waals surface area contributed by atoms with E-state index in [0.717, 1.165) is 0 Å². The number of methoxy groups -OCH3 is 2. The van der Waals surface area contributed by atoms with E-state index in [-0.39, 0.29) is 35.6 Å². The van der Waals surface area contributed by atoms with E-state index < -0.39 is 10.0 Å². The number of hydrogen-bond donors (Lipinski definition) is 3. The molecule has 0 saturated carbocycles. The Kier molecular flexibility index (Phi) is 5.55. The second-order valence-electron chi connectivity index (χ2n) is 3.89. The first-order valence-electron chi connectivity index (χ1n) is 5.50. The third kappa shape index (κ3) is 4.35. The van der Waals surface area contributed by atoms with E-state index in [9.17, 15) is 13.5 Å². The molecule has 0 spiro atoms. The van der Waals surface area contributed by atoms with Gasteiger partial charge >= 0.3 is 0 Å². The van der Waals surface area contributed by atoms with Gasteiger partial charge in [0.25, 0.3) is 0 Å². The maximum Gasteiger partial charge on any atom is 0.240 e. The molecule has 0 radical (unpaired) electrons. The van der Waals surface area contributed by atoms with Crippen LogP contribution in [0.25, 0.3) is 0 Å². The molecule has 0 aliphatic heterocycles. The summed E-state index contributed by atoms with van der Waals surface area (Å²) in [5.41, 5.74) is 5.46. The first-order chi connectivity index (χ1) is 8.90. The lowest BCUT2D eigenvalue weighted by molar-refractivity contribution is 0.0320. The molecule has 0 aliphatic carbocycles. The minimum Gasteiger partial charge on any atom is -0.506 e. The van der Waals surface area contributed by atoms with Gasteiger partial charge < -0.3 is 20.3 Å². The molecule has 1 aromatic rings. The second-order valence-corrected chi connectivity index (χ2v) is 5.65. The summed E-state index contributed by atoms with van der Waals surface area (Å²) in [5.74, 6) is -0.159. The Morgan fingerprint density at radius 2 is 2.11 bits per heavy atom. The Morgan fingerprint density at radius 1 is 1.42 bits per heavy atom. The van der Waals surface area contributed by atoms with Gasteiger partial charge in [0.05, 0.1) is 23.3 Å². The quantitative estimate of drug-likeness (QED) is 0.478. The molecule has 0 amide bonds. The number of sulfonamides is 1. The molecule has 0 saturated heterocycles. The van der Waals surface area contributed by atoms with Crippen molar-refractivity contribution in [3.8, 4) is 5.75 Å². The standard InChI is InChI=1S/C11H18N2O5S/c1-17-7-8(18-2)6-13-19(15,16)9-3-4-11(14)10(12)5-9/h3-5,8,13-14H,6-7,12H2,1-2H3. The van der Waals surface area contributed by atoms with E-state index in [4.69, 9.17) is 15.2 Å². The third-order valence-electron chi connectivity index (χ3n) is 2.50. The number of nitrogen functional groups attached to an aromatic ring is 1. The van der Waals surface area contributed by atoms with Crippen molar-refractivity contribution in [2.45, 2.75) is 11.0 Å². The van der Waals surface area contributed by atoms with Crippen LogP contribution >= 0.6 is 0 Å². The minimum atomic E-state index is -3.70. The highest BCUT2D eigenvalue weighted by atomic mass is 32.2. The topological polar surface area (TPSA) is 111 Å². The van der Waals surface area contributed by atoms with Crippen LogP contribution in [0.4, 0.5) is 5.69 Å². The Labute approximate surface area is 112 Å². The second kappa shape index (κ2) is 6.71. The molecule has 0 aromatic heterocycles. The lowest BCUT2D eigenvalue weighted by atomic mass is 10.3. The third-order valence-corrected chi connectivity index (χ3v) is 3.92. The molecule has 19 heavy (non-hydrogen) atoms. The van der Waals surface area contributed by atoms with Crippen LogP contribution in [0, 0.1) is 0 Å². The molecule has 0 fully saturated rings. The average molecular weight is 290 g/mol. The maximum absolute atomic E-state index is 12.0. The van der Waals surface area contributed by atoms with Crippen molar-refractivity contribution in [1.82, 2.24) is 4.72 Å². The smallest absolute Gasteiger partial charge is 0.240 e. The molecule has 1 aromatic carbocycles.